The van der Waals surface area contributed by atoms with Gasteiger partial charge < -0.3 is 5.73 Å². The molecule has 1 aliphatic heterocycles. The van der Waals surface area contributed by atoms with E-state index in [9.17, 15) is 0 Å². The SMILES string of the molecule is CCC(N)C1(C)CCCS1. The topological polar surface area (TPSA) is 26.0 Å². The standard InChI is InChI=1S/C8H17NS/c1-3-7(9)8(2)5-4-6-10-8/h7H,3-6,9H2,1-2H3. The molecule has 0 aromatic heterocycles. The van der Waals surface area contributed by atoms with Gasteiger partial charge in [-0.1, -0.05) is 6.92 Å². The lowest BCUT2D eigenvalue weighted by atomic mass is 9.95. The summed E-state index contributed by atoms with van der Waals surface area (Å²) in [5, 5.41) is 0. The van der Waals surface area contributed by atoms with Crippen molar-refractivity contribution in [3.05, 3.63) is 0 Å². The summed E-state index contributed by atoms with van der Waals surface area (Å²) in [7, 11) is 0. The second-order valence-electron chi connectivity index (χ2n) is 3.28. The molecule has 1 saturated heterocycles. The summed E-state index contributed by atoms with van der Waals surface area (Å²) in [6, 6.07) is 0.403. The molecule has 10 heavy (non-hydrogen) atoms. The molecule has 1 aliphatic rings. The number of nitrogens with two attached hydrogens (primary N) is 1. The van der Waals surface area contributed by atoms with Crippen LogP contribution < -0.4 is 5.73 Å². The molecule has 1 heterocycles. The lowest BCUT2D eigenvalue weighted by Gasteiger charge is -2.29. The van der Waals surface area contributed by atoms with Crippen LogP contribution in [0.2, 0.25) is 0 Å². The molecule has 0 spiro atoms. The molecule has 0 aromatic carbocycles. The van der Waals surface area contributed by atoms with Crippen molar-refractivity contribution in [2.75, 3.05) is 5.75 Å². The van der Waals surface area contributed by atoms with Gasteiger partial charge in [0, 0.05) is 10.8 Å². The molecule has 2 unspecified atom stereocenters. The van der Waals surface area contributed by atoms with E-state index in [1.54, 1.807) is 0 Å². The van der Waals surface area contributed by atoms with Crippen LogP contribution in [0.3, 0.4) is 0 Å². The van der Waals surface area contributed by atoms with E-state index in [4.69, 9.17) is 5.73 Å². The number of hydrogen-bond donors (Lipinski definition) is 1. The first-order valence-electron chi connectivity index (χ1n) is 4.08. The molecular weight excluding hydrogens is 142 g/mol. The van der Waals surface area contributed by atoms with Crippen LogP contribution in [0.25, 0.3) is 0 Å². The third-order valence-electron chi connectivity index (χ3n) is 2.47. The third-order valence-corrected chi connectivity index (χ3v) is 4.13. The summed E-state index contributed by atoms with van der Waals surface area (Å²) < 4.78 is 0.398. The molecule has 0 bridgehead atoms. The van der Waals surface area contributed by atoms with Crippen molar-refractivity contribution in [1.82, 2.24) is 0 Å². The fourth-order valence-corrected chi connectivity index (χ4v) is 2.95. The first-order chi connectivity index (χ1) is 4.69. The van der Waals surface area contributed by atoms with E-state index in [1.807, 2.05) is 0 Å². The predicted octanol–water partition coefficient (Wildman–Crippen LogP) is 2.01. The molecule has 0 aliphatic carbocycles. The van der Waals surface area contributed by atoms with Crippen LogP contribution in [-0.2, 0) is 0 Å². The van der Waals surface area contributed by atoms with E-state index in [0.29, 0.717) is 10.8 Å². The molecule has 2 heteroatoms. The van der Waals surface area contributed by atoms with Gasteiger partial charge in [-0.15, -0.1) is 0 Å². The largest absolute Gasteiger partial charge is 0.326 e. The maximum absolute atomic E-state index is 5.99. The molecule has 60 valence electrons. The molecular formula is C8H17NS. The summed E-state index contributed by atoms with van der Waals surface area (Å²) in [5.41, 5.74) is 5.99. The molecule has 0 radical (unpaired) electrons. The van der Waals surface area contributed by atoms with Crippen LogP contribution in [-0.4, -0.2) is 16.5 Å². The highest BCUT2D eigenvalue weighted by atomic mass is 32.2. The van der Waals surface area contributed by atoms with Crippen molar-refractivity contribution in [2.24, 2.45) is 5.73 Å². The lowest BCUT2D eigenvalue weighted by Crippen LogP contribution is -2.40. The second kappa shape index (κ2) is 3.14. The zero-order valence-corrected chi connectivity index (χ0v) is 7.71. The van der Waals surface area contributed by atoms with Crippen LogP contribution in [0.15, 0.2) is 0 Å². The lowest BCUT2D eigenvalue weighted by molar-refractivity contribution is 0.474. The van der Waals surface area contributed by atoms with Gasteiger partial charge in [0.2, 0.25) is 0 Å². The average molecular weight is 159 g/mol. The highest BCUT2D eigenvalue weighted by molar-refractivity contribution is 8.00. The highest BCUT2D eigenvalue weighted by Crippen LogP contribution is 2.40. The van der Waals surface area contributed by atoms with Gasteiger partial charge in [-0.25, -0.2) is 0 Å². The summed E-state index contributed by atoms with van der Waals surface area (Å²) in [6.45, 7) is 4.48. The zero-order valence-electron chi connectivity index (χ0n) is 6.89. The zero-order chi connectivity index (χ0) is 7.61. The number of rotatable bonds is 2. The normalized spacial score (nSPS) is 36.3. The molecule has 1 fully saturated rings. The van der Waals surface area contributed by atoms with E-state index in [2.05, 4.69) is 25.6 Å². The Bertz CT molecular complexity index is 108. The van der Waals surface area contributed by atoms with Crippen molar-refractivity contribution >= 4 is 11.8 Å². The van der Waals surface area contributed by atoms with Crippen molar-refractivity contribution < 1.29 is 0 Å². The van der Waals surface area contributed by atoms with Crippen molar-refractivity contribution in [1.29, 1.82) is 0 Å². The Morgan fingerprint density at radius 2 is 2.40 bits per heavy atom. The Morgan fingerprint density at radius 1 is 1.70 bits per heavy atom. The minimum atomic E-state index is 0.398. The van der Waals surface area contributed by atoms with Crippen LogP contribution in [0.4, 0.5) is 0 Å². The minimum absolute atomic E-state index is 0.398. The first-order valence-corrected chi connectivity index (χ1v) is 5.07. The van der Waals surface area contributed by atoms with Crippen molar-refractivity contribution in [3.63, 3.8) is 0 Å². The third kappa shape index (κ3) is 1.48. The van der Waals surface area contributed by atoms with Crippen LogP contribution >= 0.6 is 11.8 Å². The predicted molar refractivity (Wildman–Crippen MR) is 48.4 cm³/mol. The highest BCUT2D eigenvalue weighted by Gasteiger charge is 2.34. The Hall–Kier alpha value is 0.310. The molecule has 0 aromatic rings. The van der Waals surface area contributed by atoms with E-state index in [0.717, 1.165) is 6.42 Å². The van der Waals surface area contributed by atoms with E-state index < -0.39 is 0 Å². The number of hydrogen-bond acceptors (Lipinski definition) is 2. The van der Waals surface area contributed by atoms with Gasteiger partial charge in [0.25, 0.3) is 0 Å². The van der Waals surface area contributed by atoms with Gasteiger partial charge in [-0.05, 0) is 31.9 Å². The average Bonchev–Trinajstić information content (AvgIpc) is 2.36. The maximum atomic E-state index is 5.99. The van der Waals surface area contributed by atoms with E-state index in [1.165, 1.54) is 18.6 Å². The summed E-state index contributed by atoms with van der Waals surface area (Å²) in [6.07, 6.45) is 3.78. The van der Waals surface area contributed by atoms with Gasteiger partial charge in [0.05, 0.1) is 0 Å². The molecule has 0 saturated carbocycles. The maximum Gasteiger partial charge on any atom is 0.0282 e. The van der Waals surface area contributed by atoms with Crippen LogP contribution in [0.1, 0.15) is 33.1 Å². The summed E-state index contributed by atoms with van der Waals surface area (Å²) in [5.74, 6) is 1.31. The first kappa shape index (κ1) is 8.41. The Balaban J connectivity index is 2.49. The smallest absolute Gasteiger partial charge is 0.0282 e. The van der Waals surface area contributed by atoms with Gasteiger partial charge in [0.15, 0.2) is 0 Å². The van der Waals surface area contributed by atoms with Crippen LogP contribution in [0, 0.1) is 0 Å². The van der Waals surface area contributed by atoms with Gasteiger partial charge in [0.1, 0.15) is 0 Å². The van der Waals surface area contributed by atoms with E-state index >= 15 is 0 Å². The molecule has 1 nitrogen and oxygen atoms in total. The summed E-state index contributed by atoms with van der Waals surface area (Å²) >= 11 is 2.05. The molecule has 2 atom stereocenters. The van der Waals surface area contributed by atoms with Gasteiger partial charge >= 0.3 is 0 Å². The monoisotopic (exact) mass is 159 g/mol. The van der Waals surface area contributed by atoms with E-state index in [-0.39, 0.29) is 0 Å². The fourth-order valence-electron chi connectivity index (χ4n) is 1.52. The van der Waals surface area contributed by atoms with Crippen LogP contribution in [0.5, 0.6) is 0 Å². The number of thioether (sulfide) groups is 1. The molecule has 1 rings (SSSR count). The Kier molecular flexibility index (Phi) is 2.64. The van der Waals surface area contributed by atoms with Gasteiger partial charge in [-0.3, -0.25) is 0 Å². The molecule has 0 amide bonds. The second-order valence-corrected chi connectivity index (χ2v) is 4.91. The summed E-state index contributed by atoms with van der Waals surface area (Å²) in [4.78, 5) is 0. The Morgan fingerprint density at radius 3 is 2.80 bits per heavy atom. The Labute approximate surface area is 67.8 Å². The fraction of sp³-hybridized carbons (Fsp3) is 1.00. The molecule has 2 N–H and O–H groups in total. The van der Waals surface area contributed by atoms with Crippen molar-refractivity contribution in [2.45, 2.75) is 43.9 Å². The minimum Gasteiger partial charge on any atom is -0.326 e. The van der Waals surface area contributed by atoms with Gasteiger partial charge in [-0.2, -0.15) is 11.8 Å². The quantitative estimate of drug-likeness (QED) is 0.667. The van der Waals surface area contributed by atoms with Crippen molar-refractivity contribution in [3.8, 4) is 0 Å².